The predicted molar refractivity (Wildman–Crippen MR) is 86.1 cm³/mol. The lowest BCUT2D eigenvalue weighted by atomic mass is 10.2. The number of rotatable bonds is 5. The van der Waals surface area contributed by atoms with Crippen molar-refractivity contribution in [3.8, 4) is 0 Å². The van der Waals surface area contributed by atoms with Crippen LogP contribution in [0, 0.1) is 0 Å². The van der Waals surface area contributed by atoms with E-state index in [1.54, 1.807) is 6.20 Å². The van der Waals surface area contributed by atoms with Gasteiger partial charge in [-0.1, -0.05) is 19.4 Å². The van der Waals surface area contributed by atoms with Crippen molar-refractivity contribution < 1.29 is 4.63 Å². The van der Waals surface area contributed by atoms with Crippen LogP contribution in [0.3, 0.4) is 0 Å². The SMILES string of the molecule is CCCc1cc(NCc2ccc3nonc3c2)n2nccc2n1. The molecule has 0 saturated carbocycles. The summed E-state index contributed by atoms with van der Waals surface area (Å²) in [4.78, 5) is 4.60. The van der Waals surface area contributed by atoms with Gasteiger partial charge in [-0.3, -0.25) is 0 Å². The van der Waals surface area contributed by atoms with Crippen molar-refractivity contribution in [3.05, 3.63) is 47.8 Å². The number of hydrogen-bond acceptors (Lipinski definition) is 6. The van der Waals surface area contributed by atoms with Crippen LogP contribution < -0.4 is 5.32 Å². The van der Waals surface area contributed by atoms with E-state index in [9.17, 15) is 0 Å². The van der Waals surface area contributed by atoms with Gasteiger partial charge in [0.05, 0.1) is 6.20 Å². The van der Waals surface area contributed by atoms with Gasteiger partial charge in [-0.25, -0.2) is 9.61 Å². The number of nitrogens with one attached hydrogen (secondary N) is 1. The van der Waals surface area contributed by atoms with E-state index in [4.69, 9.17) is 4.63 Å². The van der Waals surface area contributed by atoms with Crippen molar-refractivity contribution in [2.75, 3.05) is 5.32 Å². The van der Waals surface area contributed by atoms with Crippen molar-refractivity contribution in [1.29, 1.82) is 0 Å². The molecular weight excluding hydrogens is 292 g/mol. The molecule has 0 unspecified atom stereocenters. The van der Waals surface area contributed by atoms with E-state index in [0.717, 1.165) is 46.6 Å². The maximum Gasteiger partial charge on any atom is 0.157 e. The lowest BCUT2D eigenvalue weighted by molar-refractivity contribution is 0.315. The van der Waals surface area contributed by atoms with Gasteiger partial charge >= 0.3 is 0 Å². The molecule has 0 saturated heterocycles. The third kappa shape index (κ3) is 2.61. The second-order valence-corrected chi connectivity index (χ2v) is 5.42. The van der Waals surface area contributed by atoms with Crippen molar-refractivity contribution >= 4 is 22.5 Å². The Labute approximate surface area is 132 Å². The normalized spacial score (nSPS) is 11.3. The Morgan fingerprint density at radius 2 is 2.04 bits per heavy atom. The summed E-state index contributed by atoms with van der Waals surface area (Å²) in [5.41, 5.74) is 4.54. The maximum absolute atomic E-state index is 4.73. The number of benzene rings is 1. The van der Waals surface area contributed by atoms with E-state index in [2.05, 4.69) is 38.7 Å². The molecule has 3 aromatic heterocycles. The molecule has 0 aliphatic heterocycles. The smallest absolute Gasteiger partial charge is 0.157 e. The molecule has 0 fully saturated rings. The largest absolute Gasteiger partial charge is 0.366 e. The van der Waals surface area contributed by atoms with Crippen LogP contribution in [0.15, 0.2) is 41.2 Å². The molecule has 1 N–H and O–H groups in total. The lowest BCUT2D eigenvalue weighted by Gasteiger charge is -2.10. The van der Waals surface area contributed by atoms with Gasteiger partial charge in [-0.2, -0.15) is 9.61 Å². The summed E-state index contributed by atoms with van der Waals surface area (Å²) in [6.45, 7) is 2.81. The Balaban J connectivity index is 1.62. The van der Waals surface area contributed by atoms with Gasteiger partial charge in [-0.05, 0) is 34.4 Å². The number of fused-ring (bicyclic) bond motifs is 2. The summed E-state index contributed by atoms with van der Waals surface area (Å²) in [5, 5.41) is 15.4. The minimum Gasteiger partial charge on any atom is -0.366 e. The van der Waals surface area contributed by atoms with Crippen molar-refractivity contribution in [2.45, 2.75) is 26.3 Å². The van der Waals surface area contributed by atoms with E-state index in [-0.39, 0.29) is 0 Å². The van der Waals surface area contributed by atoms with Crippen LogP contribution in [0.4, 0.5) is 5.82 Å². The minimum atomic E-state index is 0.660. The van der Waals surface area contributed by atoms with Crippen molar-refractivity contribution in [3.63, 3.8) is 0 Å². The fourth-order valence-electron chi connectivity index (χ4n) is 2.61. The Hall–Kier alpha value is -2.96. The molecular formula is C16H16N6O. The number of anilines is 1. The second-order valence-electron chi connectivity index (χ2n) is 5.42. The van der Waals surface area contributed by atoms with Crippen LogP contribution in [0.5, 0.6) is 0 Å². The van der Waals surface area contributed by atoms with E-state index < -0.39 is 0 Å². The summed E-state index contributed by atoms with van der Waals surface area (Å²) in [6, 6.07) is 9.85. The van der Waals surface area contributed by atoms with E-state index in [1.165, 1.54) is 0 Å². The molecule has 4 aromatic rings. The monoisotopic (exact) mass is 308 g/mol. The van der Waals surface area contributed by atoms with Crippen LogP contribution in [-0.4, -0.2) is 24.9 Å². The number of nitrogens with zero attached hydrogens (tertiary/aromatic N) is 5. The van der Waals surface area contributed by atoms with Gasteiger partial charge in [-0.15, -0.1) is 0 Å². The molecule has 0 aliphatic rings. The molecule has 0 radical (unpaired) electrons. The standard InChI is InChI=1S/C16H16N6O/c1-2-3-12-9-16(22-15(19-12)6-7-18-22)17-10-11-4-5-13-14(8-11)21-23-20-13/h4-9,17H,2-3,10H2,1H3. The first kappa shape index (κ1) is 13.7. The van der Waals surface area contributed by atoms with Gasteiger partial charge in [0, 0.05) is 24.4 Å². The minimum absolute atomic E-state index is 0.660. The highest BCUT2D eigenvalue weighted by Gasteiger charge is 2.07. The first-order valence-electron chi connectivity index (χ1n) is 7.62. The average Bonchev–Trinajstić information content (AvgIpc) is 3.21. The van der Waals surface area contributed by atoms with Gasteiger partial charge in [0.2, 0.25) is 0 Å². The van der Waals surface area contributed by atoms with Crippen LogP contribution >= 0.6 is 0 Å². The summed E-state index contributed by atoms with van der Waals surface area (Å²) in [5.74, 6) is 0.932. The third-order valence-electron chi connectivity index (χ3n) is 3.71. The zero-order chi connectivity index (χ0) is 15.6. The zero-order valence-electron chi connectivity index (χ0n) is 12.7. The Bertz CT molecular complexity index is 957. The molecule has 0 spiro atoms. The summed E-state index contributed by atoms with van der Waals surface area (Å²) >= 11 is 0. The first-order chi connectivity index (χ1) is 11.3. The van der Waals surface area contributed by atoms with Crippen LogP contribution in [0.2, 0.25) is 0 Å². The van der Waals surface area contributed by atoms with E-state index in [0.29, 0.717) is 6.54 Å². The molecule has 116 valence electrons. The molecule has 3 heterocycles. The molecule has 0 aliphatic carbocycles. The molecule has 0 bridgehead atoms. The fourth-order valence-corrected chi connectivity index (χ4v) is 2.61. The highest BCUT2D eigenvalue weighted by atomic mass is 16.6. The summed E-state index contributed by atoms with van der Waals surface area (Å²) in [6.07, 6.45) is 3.77. The highest BCUT2D eigenvalue weighted by molar-refractivity contribution is 5.73. The summed E-state index contributed by atoms with van der Waals surface area (Å²) < 4.78 is 6.54. The fraction of sp³-hybridized carbons (Fsp3) is 0.250. The Morgan fingerprint density at radius 3 is 2.96 bits per heavy atom. The molecule has 1 aromatic carbocycles. The number of aromatic nitrogens is 5. The average molecular weight is 308 g/mol. The van der Waals surface area contributed by atoms with Crippen LogP contribution in [-0.2, 0) is 13.0 Å². The van der Waals surface area contributed by atoms with Crippen LogP contribution in [0.1, 0.15) is 24.6 Å². The molecule has 0 amide bonds. The maximum atomic E-state index is 4.73. The zero-order valence-corrected chi connectivity index (χ0v) is 12.7. The van der Waals surface area contributed by atoms with Gasteiger partial charge < -0.3 is 5.32 Å². The Kier molecular flexibility index (Phi) is 3.38. The quantitative estimate of drug-likeness (QED) is 0.610. The van der Waals surface area contributed by atoms with Gasteiger partial charge in [0.15, 0.2) is 5.65 Å². The van der Waals surface area contributed by atoms with E-state index >= 15 is 0 Å². The first-order valence-corrected chi connectivity index (χ1v) is 7.62. The second kappa shape index (κ2) is 5.68. The topological polar surface area (TPSA) is 81.1 Å². The lowest BCUT2D eigenvalue weighted by Crippen LogP contribution is -2.07. The highest BCUT2D eigenvalue weighted by Crippen LogP contribution is 2.16. The van der Waals surface area contributed by atoms with E-state index in [1.807, 2.05) is 28.8 Å². The molecule has 4 rings (SSSR count). The number of hydrogen-bond donors (Lipinski definition) is 1. The van der Waals surface area contributed by atoms with Crippen LogP contribution in [0.25, 0.3) is 16.7 Å². The summed E-state index contributed by atoms with van der Waals surface area (Å²) in [7, 11) is 0. The van der Waals surface area contributed by atoms with Crippen molar-refractivity contribution in [1.82, 2.24) is 24.9 Å². The molecule has 7 nitrogen and oxygen atoms in total. The molecule has 23 heavy (non-hydrogen) atoms. The van der Waals surface area contributed by atoms with Gasteiger partial charge in [0.25, 0.3) is 0 Å². The van der Waals surface area contributed by atoms with Gasteiger partial charge in [0.1, 0.15) is 16.9 Å². The predicted octanol–water partition coefficient (Wildman–Crippen LogP) is 2.83. The molecule has 0 atom stereocenters. The van der Waals surface area contributed by atoms with Crippen molar-refractivity contribution in [2.24, 2.45) is 0 Å². The Morgan fingerprint density at radius 1 is 1.13 bits per heavy atom. The third-order valence-corrected chi connectivity index (χ3v) is 3.71. The number of aryl methyl sites for hydroxylation is 1. The molecule has 7 heteroatoms.